The fourth-order valence-corrected chi connectivity index (χ4v) is 1.81. The molecule has 0 amide bonds. The average Bonchev–Trinajstić information content (AvgIpc) is 2.29. The van der Waals surface area contributed by atoms with Gasteiger partial charge in [0.15, 0.2) is 0 Å². The molecule has 17 heavy (non-hydrogen) atoms. The third-order valence-corrected chi connectivity index (χ3v) is 2.65. The van der Waals surface area contributed by atoms with Crippen molar-refractivity contribution >= 4 is 10.9 Å². The number of rotatable bonds is 4. The second-order valence-electron chi connectivity index (χ2n) is 4.54. The van der Waals surface area contributed by atoms with Gasteiger partial charge >= 0.3 is 0 Å². The molecule has 1 N–H and O–H groups in total. The molecule has 0 aliphatic carbocycles. The van der Waals surface area contributed by atoms with Gasteiger partial charge in [0, 0.05) is 24.2 Å². The van der Waals surface area contributed by atoms with Crippen LogP contribution in [0.25, 0.3) is 10.9 Å². The summed E-state index contributed by atoms with van der Waals surface area (Å²) in [7, 11) is 0. The Morgan fingerprint density at radius 2 is 2.12 bits per heavy atom. The van der Waals surface area contributed by atoms with Gasteiger partial charge < -0.3 is 5.32 Å². The lowest BCUT2D eigenvalue weighted by Crippen LogP contribution is -2.15. The van der Waals surface area contributed by atoms with Crippen molar-refractivity contribution < 1.29 is 0 Å². The molecular formula is C15H18N2. The molecule has 0 unspecified atom stereocenters. The lowest BCUT2D eigenvalue weighted by molar-refractivity contribution is 0.741. The number of benzene rings is 1. The van der Waals surface area contributed by atoms with Crippen molar-refractivity contribution in [3.8, 4) is 0 Å². The van der Waals surface area contributed by atoms with Gasteiger partial charge in [-0.15, -0.1) is 0 Å². The van der Waals surface area contributed by atoms with E-state index < -0.39 is 0 Å². The van der Waals surface area contributed by atoms with Crippen molar-refractivity contribution in [3.05, 3.63) is 53.7 Å². The van der Waals surface area contributed by atoms with E-state index in [4.69, 9.17) is 0 Å². The van der Waals surface area contributed by atoms with Crippen LogP contribution in [0.2, 0.25) is 0 Å². The number of nitrogens with one attached hydrogen (secondary N) is 1. The molecule has 0 saturated heterocycles. The number of pyridine rings is 1. The first-order chi connectivity index (χ1) is 8.15. The number of nitrogens with zero attached hydrogens (tertiary/aromatic N) is 1. The predicted octanol–water partition coefficient (Wildman–Crippen LogP) is 3.21. The summed E-state index contributed by atoms with van der Waals surface area (Å²) in [6.45, 7) is 9.65. The molecule has 88 valence electrons. The minimum atomic E-state index is 0.865. The lowest BCUT2D eigenvalue weighted by atomic mass is 10.1. The Labute approximate surface area is 102 Å². The molecule has 0 radical (unpaired) electrons. The van der Waals surface area contributed by atoms with Crippen LogP contribution in [0.4, 0.5) is 0 Å². The van der Waals surface area contributed by atoms with Gasteiger partial charge in [0.25, 0.3) is 0 Å². The largest absolute Gasteiger partial charge is 0.309 e. The summed E-state index contributed by atoms with van der Waals surface area (Å²) in [5.74, 6) is 0. The third kappa shape index (κ3) is 3.14. The summed E-state index contributed by atoms with van der Waals surface area (Å²) in [6.07, 6.45) is 0. The van der Waals surface area contributed by atoms with E-state index in [1.807, 2.05) is 19.9 Å². The zero-order valence-corrected chi connectivity index (χ0v) is 10.5. The van der Waals surface area contributed by atoms with Gasteiger partial charge in [-0.3, -0.25) is 4.98 Å². The normalized spacial score (nSPS) is 10.7. The zero-order valence-electron chi connectivity index (χ0n) is 10.5. The first-order valence-electron chi connectivity index (χ1n) is 5.86. The number of aromatic nitrogens is 1. The lowest BCUT2D eigenvalue weighted by Gasteiger charge is -2.06. The van der Waals surface area contributed by atoms with Crippen molar-refractivity contribution in [3.63, 3.8) is 0 Å². The summed E-state index contributed by atoms with van der Waals surface area (Å²) in [6, 6.07) is 10.6. The van der Waals surface area contributed by atoms with Crippen molar-refractivity contribution in [2.24, 2.45) is 0 Å². The summed E-state index contributed by atoms with van der Waals surface area (Å²) in [5, 5.41) is 4.56. The van der Waals surface area contributed by atoms with E-state index in [0.717, 1.165) is 29.9 Å². The standard InChI is InChI=1S/C15H18N2/c1-11(2)9-16-10-13-5-7-15-14(8-13)6-4-12(3)17-15/h4-8,16H,1,9-10H2,2-3H3. The molecule has 0 spiro atoms. The van der Waals surface area contributed by atoms with Crippen molar-refractivity contribution in [1.29, 1.82) is 0 Å². The highest BCUT2D eigenvalue weighted by molar-refractivity contribution is 5.79. The van der Waals surface area contributed by atoms with Crippen LogP contribution < -0.4 is 5.32 Å². The maximum atomic E-state index is 4.49. The molecule has 0 aliphatic heterocycles. The fourth-order valence-electron chi connectivity index (χ4n) is 1.81. The highest BCUT2D eigenvalue weighted by Crippen LogP contribution is 2.14. The molecule has 2 nitrogen and oxygen atoms in total. The monoisotopic (exact) mass is 226 g/mol. The highest BCUT2D eigenvalue weighted by atomic mass is 14.8. The second-order valence-corrected chi connectivity index (χ2v) is 4.54. The zero-order chi connectivity index (χ0) is 12.3. The molecule has 2 rings (SSSR count). The summed E-state index contributed by atoms with van der Waals surface area (Å²) < 4.78 is 0. The van der Waals surface area contributed by atoms with E-state index in [2.05, 4.69) is 41.1 Å². The minimum absolute atomic E-state index is 0.865. The van der Waals surface area contributed by atoms with Gasteiger partial charge in [0.1, 0.15) is 0 Å². The number of aryl methyl sites for hydroxylation is 1. The highest BCUT2D eigenvalue weighted by Gasteiger charge is 1.98. The molecule has 0 fully saturated rings. The van der Waals surface area contributed by atoms with Crippen LogP contribution in [-0.4, -0.2) is 11.5 Å². The molecule has 2 heteroatoms. The fraction of sp³-hybridized carbons (Fsp3) is 0.267. The third-order valence-electron chi connectivity index (χ3n) is 2.65. The van der Waals surface area contributed by atoms with Gasteiger partial charge in [-0.05, 0) is 37.6 Å². The number of hydrogen-bond acceptors (Lipinski definition) is 2. The topological polar surface area (TPSA) is 24.9 Å². The van der Waals surface area contributed by atoms with Crippen LogP contribution in [0.15, 0.2) is 42.5 Å². The number of hydrogen-bond donors (Lipinski definition) is 1. The SMILES string of the molecule is C=C(C)CNCc1ccc2nc(C)ccc2c1. The molecule has 0 atom stereocenters. The van der Waals surface area contributed by atoms with Gasteiger partial charge in [-0.1, -0.05) is 24.3 Å². The van der Waals surface area contributed by atoms with Gasteiger partial charge in [-0.2, -0.15) is 0 Å². The van der Waals surface area contributed by atoms with Crippen LogP contribution in [0, 0.1) is 6.92 Å². The average molecular weight is 226 g/mol. The molecular weight excluding hydrogens is 208 g/mol. The molecule has 1 aromatic carbocycles. The Morgan fingerprint density at radius 1 is 1.29 bits per heavy atom. The van der Waals surface area contributed by atoms with Crippen LogP contribution in [0.3, 0.4) is 0 Å². The molecule has 0 saturated carbocycles. The summed E-state index contributed by atoms with van der Waals surface area (Å²) >= 11 is 0. The van der Waals surface area contributed by atoms with Crippen LogP contribution in [0.5, 0.6) is 0 Å². The van der Waals surface area contributed by atoms with E-state index in [-0.39, 0.29) is 0 Å². The Kier molecular flexibility index (Phi) is 3.55. The van der Waals surface area contributed by atoms with E-state index >= 15 is 0 Å². The van der Waals surface area contributed by atoms with E-state index in [1.165, 1.54) is 10.9 Å². The molecule has 1 aromatic heterocycles. The van der Waals surface area contributed by atoms with Gasteiger partial charge in [0.05, 0.1) is 5.52 Å². The molecule has 1 heterocycles. The van der Waals surface area contributed by atoms with Gasteiger partial charge in [-0.25, -0.2) is 0 Å². The quantitative estimate of drug-likeness (QED) is 0.810. The smallest absolute Gasteiger partial charge is 0.0705 e. The predicted molar refractivity (Wildman–Crippen MR) is 73.0 cm³/mol. The number of fused-ring (bicyclic) bond motifs is 1. The minimum Gasteiger partial charge on any atom is -0.309 e. The Morgan fingerprint density at radius 3 is 2.88 bits per heavy atom. The first-order valence-corrected chi connectivity index (χ1v) is 5.86. The van der Waals surface area contributed by atoms with Crippen molar-refractivity contribution in [2.75, 3.05) is 6.54 Å². The van der Waals surface area contributed by atoms with E-state index in [9.17, 15) is 0 Å². The summed E-state index contributed by atoms with van der Waals surface area (Å²) in [5.41, 5.74) is 4.56. The molecule has 0 bridgehead atoms. The maximum absolute atomic E-state index is 4.49. The first kappa shape index (κ1) is 11.8. The molecule has 0 aliphatic rings. The van der Waals surface area contributed by atoms with Crippen LogP contribution in [-0.2, 0) is 6.54 Å². The van der Waals surface area contributed by atoms with E-state index in [0.29, 0.717) is 0 Å². The van der Waals surface area contributed by atoms with Gasteiger partial charge in [0.2, 0.25) is 0 Å². The second kappa shape index (κ2) is 5.11. The summed E-state index contributed by atoms with van der Waals surface area (Å²) in [4.78, 5) is 4.49. The molecule has 2 aromatic rings. The Hall–Kier alpha value is -1.67. The van der Waals surface area contributed by atoms with Crippen molar-refractivity contribution in [2.45, 2.75) is 20.4 Å². The Balaban J connectivity index is 2.14. The maximum Gasteiger partial charge on any atom is 0.0705 e. The van der Waals surface area contributed by atoms with Crippen LogP contribution >= 0.6 is 0 Å². The van der Waals surface area contributed by atoms with Crippen LogP contribution in [0.1, 0.15) is 18.2 Å². The van der Waals surface area contributed by atoms with E-state index in [1.54, 1.807) is 0 Å². The van der Waals surface area contributed by atoms with Crippen molar-refractivity contribution in [1.82, 2.24) is 10.3 Å². The Bertz CT molecular complexity index is 544.